The summed E-state index contributed by atoms with van der Waals surface area (Å²) in [6.45, 7) is 2.56. The summed E-state index contributed by atoms with van der Waals surface area (Å²) in [4.78, 5) is 0. The molecule has 3 N–H and O–H groups in total. The van der Waals surface area contributed by atoms with Gasteiger partial charge in [-0.15, -0.1) is 0 Å². The zero-order valence-electron chi connectivity index (χ0n) is 9.26. The third-order valence-corrected chi connectivity index (χ3v) is 3.06. The second-order valence-electron chi connectivity index (χ2n) is 4.28. The SMILES string of the molecule is NCCNCc1ccc2c(c1)CCCC2. The van der Waals surface area contributed by atoms with Gasteiger partial charge >= 0.3 is 0 Å². The standard InChI is InChI=1S/C13H20N2/c14-7-8-15-10-11-5-6-12-3-1-2-4-13(12)9-11/h5-6,9,15H,1-4,7-8,10,14H2. The largest absolute Gasteiger partial charge is 0.329 e. The van der Waals surface area contributed by atoms with Crippen LogP contribution in [0, 0.1) is 0 Å². The van der Waals surface area contributed by atoms with Crippen LogP contribution in [0.2, 0.25) is 0 Å². The molecule has 1 aliphatic rings. The smallest absolute Gasteiger partial charge is 0.0206 e. The lowest BCUT2D eigenvalue weighted by Gasteiger charge is -2.16. The Morgan fingerprint density at radius 1 is 1.13 bits per heavy atom. The number of benzene rings is 1. The van der Waals surface area contributed by atoms with Crippen molar-refractivity contribution in [3.8, 4) is 0 Å². The van der Waals surface area contributed by atoms with E-state index in [1.807, 2.05) is 0 Å². The van der Waals surface area contributed by atoms with Crippen molar-refractivity contribution in [2.24, 2.45) is 5.73 Å². The fourth-order valence-electron chi connectivity index (χ4n) is 2.23. The maximum atomic E-state index is 5.44. The van der Waals surface area contributed by atoms with E-state index >= 15 is 0 Å². The van der Waals surface area contributed by atoms with Crippen LogP contribution in [0.25, 0.3) is 0 Å². The van der Waals surface area contributed by atoms with Gasteiger partial charge in [0.05, 0.1) is 0 Å². The van der Waals surface area contributed by atoms with E-state index in [9.17, 15) is 0 Å². The van der Waals surface area contributed by atoms with Crippen LogP contribution in [0.4, 0.5) is 0 Å². The van der Waals surface area contributed by atoms with Crippen LogP contribution in [0.5, 0.6) is 0 Å². The first-order chi connectivity index (χ1) is 7.40. The predicted octanol–water partition coefficient (Wildman–Crippen LogP) is 1.61. The summed E-state index contributed by atoms with van der Waals surface area (Å²) < 4.78 is 0. The van der Waals surface area contributed by atoms with Crippen LogP contribution in [0.3, 0.4) is 0 Å². The second kappa shape index (κ2) is 5.29. The molecule has 0 atom stereocenters. The maximum absolute atomic E-state index is 5.44. The average molecular weight is 204 g/mol. The molecule has 0 saturated carbocycles. The van der Waals surface area contributed by atoms with E-state index in [4.69, 9.17) is 5.73 Å². The van der Waals surface area contributed by atoms with Crippen molar-refractivity contribution in [2.75, 3.05) is 13.1 Å². The quantitative estimate of drug-likeness (QED) is 0.731. The van der Waals surface area contributed by atoms with Crippen molar-refractivity contribution in [3.05, 3.63) is 34.9 Å². The lowest BCUT2D eigenvalue weighted by molar-refractivity contribution is 0.673. The van der Waals surface area contributed by atoms with E-state index in [1.54, 1.807) is 11.1 Å². The maximum Gasteiger partial charge on any atom is 0.0206 e. The van der Waals surface area contributed by atoms with Crippen LogP contribution in [0.1, 0.15) is 29.5 Å². The lowest BCUT2D eigenvalue weighted by atomic mass is 9.90. The Hall–Kier alpha value is -0.860. The molecule has 0 saturated heterocycles. The number of aryl methyl sites for hydroxylation is 2. The molecule has 0 aliphatic heterocycles. The third-order valence-electron chi connectivity index (χ3n) is 3.06. The highest BCUT2D eigenvalue weighted by molar-refractivity contribution is 5.33. The Balaban J connectivity index is 2.00. The molecule has 0 amide bonds. The van der Waals surface area contributed by atoms with Crippen molar-refractivity contribution in [1.29, 1.82) is 0 Å². The van der Waals surface area contributed by atoms with Gasteiger partial charge in [-0.3, -0.25) is 0 Å². The van der Waals surface area contributed by atoms with Crippen molar-refractivity contribution in [1.82, 2.24) is 5.32 Å². The molecule has 0 radical (unpaired) electrons. The van der Waals surface area contributed by atoms with E-state index in [-0.39, 0.29) is 0 Å². The molecule has 0 aromatic heterocycles. The molecule has 0 bridgehead atoms. The lowest BCUT2D eigenvalue weighted by Crippen LogP contribution is -2.22. The number of nitrogens with two attached hydrogens (primary N) is 1. The zero-order chi connectivity index (χ0) is 10.5. The highest BCUT2D eigenvalue weighted by Crippen LogP contribution is 2.22. The number of hydrogen-bond acceptors (Lipinski definition) is 2. The Kier molecular flexibility index (Phi) is 3.75. The highest BCUT2D eigenvalue weighted by Gasteiger charge is 2.08. The first kappa shape index (κ1) is 10.7. The number of fused-ring (bicyclic) bond motifs is 1. The van der Waals surface area contributed by atoms with Gasteiger partial charge in [0.2, 0.25) is 0 Å². The molecular formula is C13H20N2. The molecule has 0 heterocycles. The minimum Gasteiger partial charge on any atom is -0.329 e. The number of hydrogen-bond donors (Lipinski definition) is 2. The number of nitrogens with one attached hydrogen (secondary N) is 1. The summed E-state index contributed by atoms with van der Waals surface area (Å²) in [7, 11) is 0. The summed E-state index contributed by atoms with van der Waals surface area (Å²) in [5.41, 5.74) is 9.96. The summed E-state index contributed by atoms with van der Waals surface area (Å²) in [6, 6.07) is 6.90. The van der Waals surface area contributed by atoms with Crippen LogP contribution in [-0.4, -0.2) is 13.1 Å². The van der Waals surface area contributed by atoms with Gasteiger partial charge in [0, 0.05) is 19.6 Å². The van der Waals surface area contributed by atoms with Crippen molar-refractivity contribution in [3.63, 3.8) is 0 Å². The molecule has 15 heavy (non-hydrogen) atoms. The summed E-state index contributed by atoms with van der Waals surface area (Å²) in [5.74, 6) is 0. The van der Waals surface area contributed by atoms with E-state index in [0.29, 0.717) is 6.54 Å². The molecule has 0 fully saturated rings. The van der Waals surface area contributed by atoms with Crippen molar-refractivity contribution >= 4 is 0 Å². The van der Waals surface area contributed by atoms with Gasteiger partial charge in [-0.2, -0.15) is 0 Å². The molecule has 2 heteroatoms. The average Bonchev–Trinajstić information content (AvgIpc) is 2.29. The molecule has 1 aromatic carbocycles. The van der Waals surface area contributed by atoms with Crippen LogP contribution in [-0.2, 0) is 19.4 Å². The van der Waals surface area contributed by atoms with E-state index < -0.39 is 0 Å². The summed E-state index contributed by atoms with van der Waals surface area (Å²) in [5, 5.41) is 3.33. The predicted molar refractivity (Wildman–Crippen MR) is 63.8 cm³/mol. The molecule has 0 spiro atoms. The van der Waals surface area contributed by atoms with Gasteiger partial charge in [-0.25, -0.2) is 0 Å². The van der Waals surface area contributed by atoms with E-state index in [1.165, 1.54) is 31.2 Å². The van der Waals surface area contributed by atoms with Crippen molar-refractivity contribution in [2.45, 2.75) is 32.2 Å². The Bertz CT molecular complexity index is 320. The molecule has 2 nitrogen and oxygen atoms in total. The Morgan fingerprint density at radius 3 is 2.73 bits per heavy atom. The van der Waals surface area contributed by atoms with Crippen LogP contribution < -0.4 is 11.1 Å². The van der Waals surface area contributed by atoms with Gasteiger partial charge in [-0.05, 0) is 42.4 Å². The minimum atomic E-state index is 0.713. The number of rotatable bonds is 4. The molecule has 0 unspecified atom stereocenters. The Labute approximate surface area is 91.9 Å². The van der Waals surface area contributed by atoms with E-state index in [0.717, 1.165) is 13.1 Å². The summed E-state index contributed by atoms with van der Waals surface area (Å²) in [6.07, 6.45) is 5.25. The third kappa shape index (κ3) is 2.80. The first-order valence-corrected chi connectivity index (χ1v) is 5.91. The monoisotopic (exact) mass is 204 g/mol. The highest BCUT2D eigenvalue weighted by atomic mass is 14.9. The molecule has 1 aliphatic carbocycles. The molecule has 2 rings (SSSR count). The Morgan fingerprint density at radius 2 is 1.93 bits per heavy atom. The van der Waals surface area contributed by atoms with Gasteiger partial charge in [0.1, 0.15) is 0 Å². The van der Waals surface area contributed by atoms with Gasteiger partial charge in [-0.1, -0.05) is 18.2 Å². The van der Waals surface area contributed by atoms with E-state index in [2.05, 4.69) is 23.5 Å². The minimum absolute atomic E-state index is 0.713. The normalized spacial score (nSPS) is 15.0. The fourth-order valence-corrected chi connectivity index (χ4v) is 2.23. The topological polar surface area (TPSA) is 38.0 Å². The second-order valence-corrected chi connectivity index (χ2v) is 4.28. The van der Waals surface area contributed by atoms with Gasteiger partial charge in [0.15, 0.2) is 0 Å². The van der Waals surface area contributed by atoms with Crippen molar-refractivity contribution < 1.29 is 0 Å². The molecule has 82 valence electrons. The van der Waals surface area contributed by atoms with Crippen LogP contribution in [0.15, 0.2) is 18.2 Å². The zero-order valence-corrected chi connectivity index (χ0v) is 9.26. The first-order valence-electron chi connectivity index (χ1n) is 5.91. The summed E-state index contributed by atoms with van der Waals surface area (Å²) >= 11 is 0. The van der Waals surface area contributed by atoms with Crippen LogP contribution >= 0.6 is 0 Å². The van der Waals surface area contributed by atoms with Gasteiger partial charge in [0.25, 0.3) is 0 Å². The fraction of sp³-hybridized carbons (Fsp3) is 0.538. The molecular weight excluding hydrogens is 184 g/mol. The molecule has 1 aromatic rings. The van der Waals surface area contributed by atoms with Gasteiger partial charge < -0.3 is 11.1 Å².